The van der Waals surface area contributed by atoms with Crippen molar-refractivity contribution in [3.05, 3.63) is 28.2 Å². The van der Waals surface area contributed by atoms with E-state index < -0.39 is 6.17 Å². The van der Waals surface area contributed by atoms with Crippen LogP contribution >= 0.6 is 15.9 Å². The van der Waals surface area contributed by atoms with E-state index in [9.17, 15) is 4.39 Å². The third-order valence-corrected chi connectivity index (χ3v) is 2.44. The van der Waals surface area contributed by atoms with Crippen LogP contribution in [0.1, 0.15) is 18.2 Å². The first-order chi connectivity index (χ1) is 6.69. The van der Waals surface area contributed by atoms with Gasteiger partial charge < -0.3 is 10.5 Å². The first-order valence-corrected chi connectivity index (χ1v) is 5.16. The van der Waals surface area contributed by atoms with Crippen LogP contribution in [-0.2, 0) is 0 Å². The Morgan fingerprint density at radius 1 is 1.57 bits per heavy atom. The number of hydrogen-bond acceptors (Lipinski definition) is 2. The average Bonchev–Trinajstić information content (AvgIpc) is 2.18. The van der Waals surface area contributed by atoms with Gasteiger partial charge in [-0.2, -0.15) is 0 Å². The van der Waals surface area contributed by atoms with Crippen molar-refractivity contribution in [2.24, 2.45) is 5.73 Å². The van der Waals surface area contributed by atoms with Gasteiger partial charge in [0, 0.05) is 10.0 Å². The van der Waals surface area contributed by atoms with Crippen molar-refractivity contribution in [2.75, 3.05) is 13.7 Å². The van der Waals surface area contributed by atoms with Crippen LogP contribution in [0.4, 0.5) is 4.39 Å². The topological polar surface area (TPSA) is 35.2 Å². The Hall–Kier alpha value is -0.610. The second-order valence-corrected chi connectivity index (χ2v) is 3.85. The first-order valence-electron chi connectivity index (χ1n) is 4.36. The molecule has 2 N–H and O–H groups in total. The van der Waals surface area contributed by atoms with E-state index >= 15 is 0 Å². The average molecular weight is 262 g/mol. The number of rotatable bonds is 4. The van der Waals surface area contributed by atoms with E-state index in [1.807, 2.05) is 6.07 Å². The fourth-order valence-corrected chi connectivity index (χ4v) is 1.63. The third-order valence-electron chi connectivity index (χ3n) is 1.95. The molecular weight excluding hydrogens is 249 g/mol. The van der Waals surface area contributed by atoms with Crippen LogP contribution in [0.5, 0.6) is 5.75 Å². The molecule has 1 aromatic carbocycles. The van der Waals surface area contributed by atoms with Crippen molar-refractivity contribution >= 4 is 15.9 Å². The molecule has 78 valence electrons. The minimum absolute atomic E-state index is 0.312. The number of alkyl halides is 1. The van der Waals surface area contributed by atoms with Crippen molar-refractivity contribution in [1.29, 1.82) is 0 Å². The molecule has 0 bridgehead atoms. The fourth-order valence-electron chi connectivity index (χ4n) is 1.25. The molecule has 0 heterocycles. The zero-order valence-corrected chi connectivity index (χ0v) is 9.55. The lowest BCUT2D eigenvalue weighted by atomic mass is 10.1. The van der Waals surface area contributed by atoms with Gasteiger partial charge in [0.05, 0.1) is 7.11 Å². The van der Waals surface area contributed by atoms with Crippen molar-refractivity contribution in [1.82, 2.24) is 0 Å². The summed E-state index contributed by atoms with van der Waals surface area (Å²) in [4.78, 5) is 0. The summed E-state index contributed by atoms with van der Waals surface area (Å²) >= 11 is 3.29. The largest absolute Gasteiger partial charge is 0.496 e. The Labute approximate surface area is 91.4 Å². The van der Waals surface area contributed by atoms with E-state index in [-0.39, 0.29) is 0 Å². The maximum absolute atomic E-state index is 13.6. The number of ether oxygens (including phenoxy) is 1. The predicted molar refractivity (Wildman–Crippen MR) is 58.2 cm³/mol. The maximum Gasteiger partial charge on any atom is 0.130 e. The van der Waals surface area contributed by atoms with Crippen LogP contribution in [0.25, 0.3) is 0 Å². The maximum atomic E-state index is 13.6. The molecule has 0 fully saturated rings. The van der Waals surface area contributed by atoms with Crippen molar-refractivity contribution in [2.45, 2.75) is 12.6 Å². The van der Waals surface area contributed by atoms with Crippen LogP contribution in [0.3, 0.4) is 0 Å². The van der Waals surface area contributed by atoms with E-state index in [2.05, 4.69) is 15.9 Å². The standard InChI is InChI=1S/C10H13BrFNO/c1-14-10-3-2-7(11)6-8(10)9(12)4-5-13/h2-3,6,9H,4-5,13H2,1H3. The number of hydrogen-bond donors (Lipinski definition) is 1. The molecule has 0 spiro atoms. The van der Waals surface area contributed by atoms with E-state index in [1.54, 1.807) is 12.1 Å². The van der Waals surface area contributed by atoms with Crippen molar-refractivity contribution in [3.63, 3.8) is 0 Å². The molecule has 0 radical (unpaired) electrons. The molecule has 0 aliphatic rings. The van der Waals surface area contributed by atoms with Crippen LogP contribution in [0.15, 0.2) is 22.7 Å². The van der Waals surface area contributed by atoms with E-state index in [0.717, 1.165) is 4.47 Å². The molecule has 4 heteroatoms. The van der Waals surface area contributed by atoms with E-state index in [1.165, 1.54) is 7.11 Å². The van der Waals surface area contributed by atoms with Crippen molar-refractivity contribution in [3.8, 4) is 5.75 Å². The highest BCUT2D eigenvalue weighted by atomic mass is 79.9. The molecule has 0 saturated heterocycles. The SMILES string of the molecule is COc1ccc(Br)cc1C(F)CCN. The van der Waals surface area contributed by atoms with Gasteiger partial charge in [0.25, 0.3) is 0 Å². The normalized spacial score (nSPS) is 12.6. The van der Waals surface area contributed by atoms with Gasteiger partial charge in [-0.1, -0.05) is 15.9 Å². The summed E-state index contributed by atoms with van der Waals surface area (Å²) in [5.41, 5.74) is 5.85. The number of halogens is 2. The molecule has 0 amide bonds. The van der Waals surface area contributed by atoms with Crippen LogP contribution < -0.4 is 10.5 Å². The van der Waals surface area contributed by atoms with Gasteiger partial charge in [-0.3, -0.25) is 0 Å². The minimum atomic E-state index is -1.06. The first kappa shape index (κ1) is 11.5. The van der Waals surface area contributed by atoms with Crippen LogP contribution in [-0.4, -0.2) is 13.7 Å². The summed E-state index contributed by atoms with van der Waals surface area (Å²) in [5, 5.41) is 0. The summed E-state index contributed by atoms with van der Waals surface area (Å²) in [6, 6.07) is 5.28. The highest BCUT2D eigenvalue weighted by Gasteiger charge is 2.14. The zero-order chi connectivity index (χ0) is 10.6. The minimum Gasteiger partial charge on any atom is -0.496 e. The molecule has 1 unspecified atom stereocenters. The smallest absolute Gasteiger partial charge is 0.130 e. The summed E-state index contributed by atoms with van der Waals surface area (Å²) in [6.07, 6.45) is -0.750. The van der Waals surface area contributed by atoms with Gasteiger partial charge in [-0.05, 0) is 31.2 Å². The molecule has 2 nitrogen and oxygen atoms in total. The van der Waals surface area contributed by atoms with E-state index in [4.69, 9.17) is 10.5 Å². The highest BCUT2D eigenvalue weighted by molar-refractivity contribution is 9.10. The third kappa shape index (κ3) is 2.69. The Balaban J connectivity index is 2.97. The van der Waals surface area contributed by atoms with Gasteiger partial charge in [-0.25, -0.2) is 4.39 Å². The Morgan fingerprint density at radius 3 is 2.86 bits per heavy atom. The molecule has 14 heavy (non-hydrogen) atoms. The molecule has 1 atom stereocenters. The summed E-state index contributed by atoms with van der Waals surface area (Å²) in [7, 11) is 1.53. The highest BCUT2D eigenvalue weighted by Crippen LogP contribution is 2.32. The molecule has 1 aromatic rings. The Kier molecular flexibility index (Phi) is 4.35. The quantitative estimate of drug-likeness (QED) is 0.905. The Bertz CT molecular complexity index is 306. The van der Waals surface area contributed by atoms with E-state index in [0.29, 0.717) is 24.3 Å². The molecule has 0 saturated carbocycles. The van der Waals surface area contributed by atoms with Gasteiger partial charge in [0.15, 0.2) is 0 Å². The summed E-state index contributed by atoms with van der Waals surface area (Å²) < 4.78 is 19.5. The summed E-state index contributed by atoms with van der Waals surface area (Å²) in [5.74, 6) is 0.564. The zero-order valence-electron chi connectivity index (χ0n) is 7.97. The lowest BCUT2D eigenvalue weighted by molar-refractivity contribution is 0.311. The fraction of sp³-hybridized carbons (Fsp3) is 0.400. The Morgan fingerprint density at radius 2 is 2.29 bits per heavy atom. The number of methoxy groups -OCH3 is 1. The second kappa shape index (κ2) is 5.32. The van der Waals surface area contributed by atoms with Gasteiger partial charge in [-0.15, -0.1) is 0 Å². The van der Waals surface area contributed by atoms with Gasteiger partial charge >= 0.3 is 0 Å². The second-order valence-electron chi connectivity index (χ2n) is 2.93. The molecule has 0 aromatic heterocycles. The lowest BCUT2D eigenvalue weighted by Crippen LogP contribution is -2.04. The molecule has 0 aliphatic heterocycles. The van der Waals surface area contributed by atoms with Gasteiger partial charge in [0.1, 0.15) is 11.9 Å². The predicted octanol–water partition coefficient (Wildman–Crippen LogP) is 2.82. The van der Waals surface area contributed by atoms with Crippen molar-refractivity contribution < 1.29 is 9.13 Å². The lowest BCUT2D eigenvalue weighted by Gasteiger charge is -2.12. The monoisotopic (exact) mass is 261 g/mol. The van der Waals surface area contributed by atoms with Crippen LogP contribution in [0, 0.1) is 0 Å². The van der Waals surface area contributed by atoms with Gasteiger partial charge in [0.2, 0.25) is 0 Å². The molecular formula is C10H13BrFNO. The van der Waals surface area contributed by atoms with Crippen LogP contribution in [0.2, 0.25) is 0 Å². The molecule has 0 aliphatic carbocycles. The summed E-state index contributed by atoms with van der Waals surface area (Å²) in [6.45, 7) is 0.330. The number of nitrogens with two attached hydrogens (primary N) is 1. The number of benzene rings is 1. The molecule has 1 rings (SSSR count).